The lowest BCUT2D eigenvalue weighted by molar-refractivity contribution is -0.138. The minimum atomic E-state index is -4.36. The fraction of sp³-hybridized carbons (Fsp3) is 0.250. The first-order valence-electron chi connectivity index (χ1n) is 10.2. The molecule has 2 aromatic carbocycles. The van der Waals surface area contributed by atoms with Crippen molar-refractivity contribution in [2.24, 2.45) is 0 Å². The van der Waals surface area contributed by atoms with Crippen LogP contribution >= 0.6 is 11.3 Å². The number of ether oxygens (including phenoxy) is 1. The molecule has 4 rings (SSSR count). The first kappa shape index (κ1) is 22.8. The Kier molecular flexibility index (Phi) is 6.16. The summed E-state index contributed by atoms with van der Waals surface area (Å²) < 4.78 is 45.9. The van der Waals surface area contributed by atoms with Gasteiger partial charge in [-0.05, 0) is 43.7 Å². The molecule has 0 radical (unpaired) electrons. The molecule has 0 saturated heterocycles. The van der Waals surface area contributed by atoms with Gasteiger partial charge in [-0.25, -0.2) is 4.98 Å². The van der Waals surface area contributed by atoms with Crippen molar-refractivity contribution in [2.45, 2.75) is 33.0 Å². The van der Waals surface area contributed by atoms with Crippen LogP contribution in [0.15, 0.2) is 48.7 Å². The third-order valence-electron chi connectivity index (χ3n) is 5.31. The van der Waals surface area contributed by atoms with Gasteiger partial charge in [0, 0.05) is 34.5 Å². The number of aryl methyl sites for hydroxylation is 2. The molecule has 0 fully saturated rings. The summed E-state index contributed by atoms with van der Waals surface area (Å²) in [7, 11) is 0. The molecule has 1 N–H and O–H groups in total. The van der Waals surface area contributed by atoms with E-state index in [0.29, 0.717) is 29.3 Å². The highest BCUT2D eigenvalue weighted by molar-refractivity contribution is 7.15. The SMILES string of the molecule is Cc1nc(-c2ccc(C(F)(F)F)cc2)sc1CCOc1ccc2c(C)cn(CC(=O)O)c2c1. The van der Waals surface area contributed by atoms with Crippen LogP contribution in [-0.4, -0.2) is 27.2 Å². The van der Waals surface area contributed by atoms with E-state index in [0.717, 1.165) is 39.2 Å². The van der Waals surface area contributed by atoms with Gasteiger partial charge in [0.15, 0.2) is 0 Å². The fourth-order valence-corrected chi connectivity index (χ4v) is 4.72. The third-order valence-corrected chi connectivity index (χ3v) is 6.57. The van der Waals surface area contributed by atoms with Gasteiger partial charge in [-0.3, -0.25) is 4.79 Å². The first-order valence-corrected chi connectivity index (χ1v) is 11.0. The maximum atomic E-state index is 12.8. The number of fused-ring (bicyclic) bond motifs is 1. The number of hydrogen-bond acceptors (Lipinski definition) is 4. The average molecular weight is 475 g/mol. The number of alkyl halides is 3. The Morgan fingerprint density at radius 1 is 1.15 bits per heavy atom. The summed E-state index contributed by atoms with van der Waals surface area (Å²) >= 11 is 1.43. The van der Waals surface area contributed by atoms with Crippen molar-refractivity contribution in [2.75, 3.05) is 6.61 Å². The van der Waals surface area contributed by atoms with Crippen molar-refractivity contribution in [1.29, 1.82) is 0 Å². The van der Waals surface area contributed by atoms with Crippen LogP contribution in [0.1, 0.15) is 21.7 Å². The number of aliphatic carboxylic acids is 1. The first-order chi connectivity index (χ1) is 15.6. The topological polar surface area (TPSA) is 64.4 Å². The highest BCUT2D eigenvalue weighted by Gasteiger charge is 2.30. The summed E-state index contributed by atoms with van der Waals surface area (Å²) in [5.41, 5.74) is 2.57. The summed E-state index contributed by atoms with van der Waals surface area (Å²) in [5.74, 6) is -0.278. The molecule has 4 aromatic rings. The Morgan fingerprint density at radius 3 is 2.55 bits per heavy atom. The third kappa shape index (κ3) is 5.03. The lowest BCUT2D eigenvalue weighted by Crippen LogP contribution is -2.07. The molecule has 2 aromatic heterocycles. The quantitative estimate of drug-likeness (QED) is 0.351. The highest BCUT2D eigenvalue weighted by atomic mass is 32.1. The van der Waals surface area contributed by atoms with E-state index in [9.17, 15) is 18.0 Å². The Balaban J connectivity index is 1.44. The van der Waals surface area contributed by atoms with Gasteiger partial charge in [-0.15, -0.1) is 11.3 Å². The van der Waals surface area contributed by atoms with Crippen molar-refractivity contribution >= 4 is 28.2 Å². The zero-order valence-electron chi connectivity index (χ0n) is 17.9. The molecule has 0 aliphatic heterocycles. The largest absolute Gasteiger partial charge is 0.493 e. The molecule has 0 atom stereocenters. The predicted molar refractivity (Wildman–Crippen MR) is 121 cm³/mol. The summed E-state index contributed by atoms with van der Waals surface area (Å²) in [6, 6.07) is 10.6. The zero-order chi connectivity index (χ0) is 23.8. The van der Waals surface area contributed by atoms with Gasteiger partial charge in [0.05, 0.1) is 23.4 Å². The molecule has 0 aliphatic carbocycles. The zero-order valence-corrected chi connectivity index (χ0v) is 18.8. The number of aromatic nitrogens is 2. The van der Waals surface area contributed by atoms with Gasteiger partial charge >= 0.3 is 12.1 Å². The molecular formula is C24H21F3N2O3S. The molecule has 172 valence electrons. The van der Waals surface area contributed by atoms with Crippen LogP contribution in [-0.2, 0) is 23.9 Å². The minimum absolute atomic E-state index is 0.124. The van der Waals surface area contributed by atoms with E-state index in [2.05, 4.69) is 4.98 Å². The number of rotatable bonds is 7. The average Bonchev–Trinajstić information content (AvgIpc) is 3.27. The van der Waals surface area contributed by atoms with Gasteiger partial charge < -0.3 is 14.4 Å². The fourth-order valence-electron chi connectivity index (χ4n) is 3.67. The maximum absolute atomic E-state index is 12.8. The minimum Gasteiger partial charge on any atom is -0.493 e. The summed E-state index contributed by atoms with van der Waals surface area (Å²) in [4.78, 5) is 16.6. The van der Waals surface area contributed by atoms with Gasteiger partial charge in [-0.1, -0.05) is 12.1 Å². The van der Waals surface area contributed by atoms with E-state index in [1.165, 1.54) is 23.5 Å². The molecule has 2 heterocycles. The van der Waals surface area contributed by atoms with Crippen molar-refractivity contribution in [3.63, 3.8) is 0 Å². The van der Waals surface area contributed by atoms with E-state index in [1.807, 2.05) is 38.2 Å². The number of carboxylic acids is 1. The van der Waals surface area contributed by atoms with E-state index in [1.54, 1.807) is 4.57 Å². The van der Waals surface area contributed by atoms with Crippen molar-refractivity contribution in [3.8, 4) is 16.3 Å². The second kappa shape index (κ2) is 8.90. The molecule has 33 heavy (non-hydrogen) atoms. The lowest BCUT2D eigenvalue weighted by atomic mass is 10.1. The van der Waals surface area contributed by atoms with Crippen molar-refractivity contribution in [3.05, 3.63) is 70.4 Å². The van der Waals surface area contributed by atoms with E-state index >= 15 is 0 Å². The Bertz CT molecular complexity index is 1310. The van der Waals surface area contributed by atoms with Gasteiger partial charge in [0.25, 0.3) is 0 Å². The molecule has 9 heteroatoms. The maximum Gasteiger partial charge on any atom is 0.416 e. The van der Waals surface area contributed by atoms with Gasteiger partial charge in [0.1, 0.15) is 17.3 Å². The molecular weight excluding hydrogens is 453 g/mol. The number of halogens is 3. The smallest absolute Gasteiger partial charge is 0.416 e. The monoisotopic (exact) mass is 474 g/mol. The number of benzene rings is 2. The van der Waals surface area contributed by atoms with Gasteiger partial charge in [-0.2, -0.15) is 13.2 Å². The van der Waals surface area contributed by atoms with Crippen LogP contribution in [0.3, 0.4) is 0 Å². The normalized spacial score (nSPS) is 11.8. The van der Waals surface area contributed by atoms with E-state index in [-0.39, 0.29) is 6.54 Å². The highest BCUT2D eigenvalue weighted by Crippen LogP contribution is 2.33. The Hall–Kier alpha value is -3.33. The molecule has 0 saturated carbocycles. The number of carboxylic acid groups (broad SMARTS) is 1. The second-order valence-electron chi connectivity index (χ2n) is 7.71. The van der Waals surface area contributed by atoms with Crippen LogP contribution in [0.25, 0.3) is 21.5 Å². The Morgan fingerprint density at radius 2 is 1.88 bits per heavy atom. The summed E-state index contributed by atoms with van der Waals surface area (Å²) in [6.07, 6.45) is -1.96. The molecule has 0 unspecified atom stereocenters. The predicted octanol–water partition coefficient (Wildman–Crippen LogP) is 6.11. The lowest BCUT2D eigenvalue weighted by Gasteiger charge is -2.07. The molecule has 0 amide bonds. The van der Waals surface area contributed by atoms with E-state index < -0.39 is 17.7 Å². The number of carbonyl (C=O) groups is 1. The van der Waals surface area contributed by atoms with Crippen LogP contribution < -0.4 is 4.74 Å². The van der Waals surface area contributed by atoms with Crippen molar-refractivity contribution < 1.29 is 27.8 Å². The number of thiazole rings is 1. The summed E-state index contributed by atoms with van der Waals surface area (Å²) in [6.45, 7) is 4.06. The summed E-state index contributed by atoms with van der Waals surface area (Å²) in [5, 5.41) is 10.8. The Labute approximate surface area is 192 Å². The van der Waals surface area contributed by atoms with Crippen LogP contribution in [0.5, 0.6) is 5.75 Å². The number of hydrogen-bond donors (Lipinski definition) is 1. The molecule has 0 aliphatic rings. The standard InChI is InChI=1S/C24H21F3N2O3S/c1-14-12-29(13-22(30)31)20-11-18(7-8-19(14)20)32-10-9-21-15(2)28-23(33-21)16-3-5-17(6-4-16)24(25,26)27/h3-8,11-12H,9-10,13H2,1-2H3,(H,30,31). The molecule has 0 spiro atoms. The molecule has 0 bridgehead atoms. The van der Waals surface area contributed by atoms with Crippen LogP contribution in [0.2, 0.25) is 0 Å². The van der Waals surface area contributed by atoms with Crippen molar-refractivity contribution in [1.82, 2.24) is 9.55 Å². The number of nitrogens with zero attached hydrogens (tertiary/aromatic N) is 2. The van der Waals surface area contributed by atoms with Gasteiger partial charge in [0.2, 0.25) is 0 Å². The van der Waals surface area contributed by atoms with E-state index in [4.69, 9.17) is 9.84 Å². The molecule has 5 nitrogen and oxygen atoms in total. The van der Waals surface area contributed by atoms with Crippen LogP contribution in [0, 0.1) is 13.8 Å². The van der Waals surface area contributed by atoms with Crippen LogP contribution in [0.4, 0.5) is 13.2 Å². The second-order valence-corrected chi connectivity index (χ2v) is 8.80.